The van der Waals surface area contributed by atoms with E-state index in [0.29, 0.717) is 17.9 Å². The van der Waals surface area contributed by atoms with Gasteiger partial charge >= 0.3 is 5.97 Å². The molecule has 1 heterocycles. The van der Waals surface area contributed by atoms with Crippen LogP contribution in [0.5, 0.6) is 5.75 Å². The van der Waals surface area contributed by atoms with E-state index < -0.39 is 5.97 Å². The molecule has 1 atom stereocenters. The Labute approximate surface area is 101 Å². The lowest BCUT2D eigenvalue weighted by Crippen LogP contribution is -2.08. The maximum absolute atomic E-state index is 10.7. The van der Waals surface area contributed by atoms with Gasteiger partial charge in [-0.25, -0.2) is 0 Å². The summed E-state index contributed by atoms with van der Waals surface area (Å²) in [4.78, 5) is 10.7. The molecule has 1 fully saturated rings. The van der Waals surface area contributed by atoms with Crippen molar-refractivity contribution < 1.29 is 19.4 Å². The van der Waals surface area contributed by atoms with Gasteiger partial charge < -0.3 is 14.6 Å². The van der Waals surface area contributed by atoms with E-state index in [-0.39, 0.29) is 12.5 Å². The molecule has 16 heavy (non-hydrogen) atoms. The Bertz CT molecular complexity index is 401. The standard InChI is InChI=1S/C11H11BrO4/c12-8-2-1-7(3-11(13)14)10(4-8)16-6-9-5-15-9/h1-2,4,9H,3,5-6H2,(H,13,14)/t9-/m0/s1. The summed E-state index contributed by atoms with van der Waals surface area (Å²) in [5.41, 5.74) is 0.677. The summed E-state index contributed by atoms with van der Waals surface area (Å²) in [6.45, 7) is 1.20. The Kier molecular flexibility index (Phi) is 3.46. The number of carboxylic acids is 1. The molecule has 0 aromatic heterocycles. The number of hydrogen-bond acceptors (Lipinski definition) is 3. The van der Waals surface area contributed by atoms with Crippen LogP contribution in [-0.2, 0) is 16.0 Å². The van der Waals surface area contributed by atoms with Gasteiger partial charge in [-0.3, -0.25) is 4.79 Å². The molecule has 0 spiro atoms. The van der Waals surface area contributed by atoms with Crippen LogP contribution in [0.15, 0.2) is 22.7 Å². The van der Waals surface area contributed by atoms with Crippen LogP contribution >= 0.6 is 15.9 Å². The third-order valence-electron chi connectivity index (χ3n) is 2.20. The molecule has 2 rings (SSSR count). The van der Waals surface area contributed by atoms with Gasteiger partial charge in [-0.05, 0) is 12.1 Å². The maximum atomic E-state index is 10.7. The summed E-state index contributed by atoms with van der Waals surface area (Å²) in [5.74, 6) is -0.262. The lowest BCUT2D eigenvalue weighted by atomic mass is 10.1. The highest BCUT2D eigenvalue weighted by atomic mass is 79.9. The third-order valence-corrected chi connectivity index (χ3v) is 2.69. The maximum Gasteiger partial charge on any atom is 0.307 e. The Morgan fingerprint density at radius 1 is 1.62 bits per heavy atom. The van der Waals surface area contributed by atoms with Crippen molar-refractivity contribution in [3.8, 4) is 5.75 Å². The van der Waals surface area contributed by atoms with Gasteiger partial charge in [0.15, 0.2) is 0 Å². The third kappa shape index (κ3) is 3.21. The van der Waals surface area contributed by atoms with Crippen molar-refractivity contribution in [1.29, 1.82) is 0 Å². The molecular weight excluding hydrogens is 276 g/mol. The van der Waals surface area contributed by atoms with Gasteiger partial charge in [-0.15, -0.1) is 0 Å². The van der Waals surface area contributed by atoms with E-state index in [9.17, 15) is 4.79 Å². The van der Waals surface area contributed by atoms with Gasteiger partial charge in [-0.2, -0.15) is 0 Å². The van der Waals surface area contributed by atoms with Crippen LogP contribution in [0.25, 0.3) is 0 Å². The number of epoxide rings is 1. The van der Waals surface area contributed by atoms with E-state index in [0.717, 1.165) is 11.1 Å². The molecule has 1 aliphatic rings. The van der Waals surface area contributed by atoms with Crippen LogP contribution in [0.3, 0.4) is 0 Å². The van der Waals surface area contributed by atoms with Gasteiger partial charge in [0.25, 0.3) is 0 Å². The Morgan fingerprint density at radius 3 is 3.00 bits per heavy atom. The second kappa shape index (κ2) is 4.84. The number of carboxylic acid groups (broad SMARTS) is 1. The minimum atomic E-state index is -0.866. The molecule has 1 aromatic carbocycles. The zero-order chi connectivity index (χ0) is 11.5. The van der Waals surface area contributed by atoms with Crippen molar-refractivity contribution in [2.45, 2.75) is 12.5 Å². The lowest BCUT2D eigenvalue weighted by Gasteiger charge is -2.09. The quantitative estimate of drug-likeness (QED) is 0.840. The van der Waals surface area contributed by atoms with Gasteiger partial charge in [0.2, 0.25) is 0 Å². The van der Waals surface area contributed by atoms with E-state index in [2.05, 4.69) is 15.9 Å². The molecule has 4 nitrogen and oxygen atoms in total. The van der Waals surface area contributed by atoms with Crippen molar-refractivity contribution in [3.63, 3.8) is 0 Å². The molecule has 5 heteroatoms. The van der Waals surface area contributed by atoms with Gasteiger partial charge in [0.05, 0.1) is 13.0 Å². The van der Waals surface area contributed by atoms with E-state index in [4.69, 9.17) is 14.6 Å². The molecule has 0 unspecified atom stereocenters. The fraction of sp³-hybridized carbons (Fsp3) is 0.364. The SMILES string of the molecule is O=C(O)Cc1ccc(Br)cc1OC[C@@H]1CO1. The summed E-state index contributed by atoms with van der Waals surface area (Å²) >= 11 is 3.33. The normalized spacial score (nSPS) is 18.2. The average Bonchev–Trinajstić information content (AvgIpc) is 3.01. The molecule has 0 saturated carbocycles. The zero-order valence-corrected chi connectivity index (χ0v) is 10.1. The smallest absolute Gasteiger partial charge is 0.307 e. The van der Waals surface area contributed by atoms with Crippen LogP contribution in [0.4, 0.5) is 0 Å². The van der Waals surface area contributed by atoms with Crippen molar-refractivity contribution in [2.24, 2.45) is 0 Å². The minimum Gasteiger partial charge on any atom is -0.490 e. The topological polar surface area (TPSA) is 59.1 Å². The number of benzene rings is 1. The van der Waals surface area contributed by atoms with E-state index in [1.807, 2.05) is 0 Å². The Balaban J connectivity index is 2.10. The molecule has 0 amide bonds. The number of rotatable bonds is 5. The lowest BCUT2D eigenvalue weighted by molar-refractivity contribution is -0.136. The average molecular weight is 287 g/mol. The molecule has 0 bridgehead atoms. The van der Waals surface area contributed by atoms with Crippen molar-refractivity contribution >= 4 is 21.9 Å². The molecular formula is C11H11BrO4. The second-order valence-corrected chi connectivity index (χ2v) is 4.50. The monoisotopic (exact) mass is 286 g/mol. The summed E-state index contributed by atoms with van der Waals surface area (Å²) in [6.07, 6.45) is 0.130. The zero-order valence-electron chi connectivity index (χ0n) is 8.48. The first-order chi connectivity index (χ1) is 7.65. The summed E-state index contributed by atoms with van der Waals surface area (Å²) in [7, 11) is 0. The van der Waals surface area contributed by atoms with E-state index in [1.54, 1.807) is 18.2 Å². The summed E-state index contributed by atoms with van der Waals surface area (Å²) in [6, 6.07) is 5.33. The van der Waals surface area contributed by atoms with Gasteiger partial charge in [-0.1, -0.05) is 22.0 Å². The number of carbonyl (C=O) groups is 1. The first kappa shape index (κ1) is 11.4. The van der Waals surface area contributed by atoms with Gasteiger partial charge in [0.1, 0.15) is 18.5 Å². The van der Waals surface area contributed by atoms with Crippen molar-refractivity contribution in [1.82, 2.24) is 0 Å². The van der Waals surface area contributed by atoms with Crippen molar-refractivity contribution in [3.05, 3.63) is 28.2 Å². The molecule has 0 aliphatic carbocycles. The fourth-order valence-electron chi connectivity index (χ4n) is 1.32. The Morgan fingerprint density at radius 2 is 2.38 bits per heavy atom. The Hall–Kier alpha value is -1.07. The summed E-state index contributed by atoms with van der Waals surface area (Å²) in [5, 5.41) is 8.76. The molecule has 1 aliphatic heterocycles. The van der Waals surface area contributed by atoms with Crippen LogP contribution in [0.1, 0.15) is 5.56 Å². The molecule has 1 aromatic rings. The largest absolute Gasteiger partial charge is 0.490 e. The predicted octanol–water partition coefficient (Wildman–Crippen LogP) is 1.85. The fourth-order valence-corrected chi connectivity index (χ4v) is 1.66. The van der Waals surface area contributed by atoms with E-state index in [1.165, 1.54) is 0 Å². The summed E-state index contributed by atoms with van der Waals surface area (Å²) < 4.78 is 11.4. The molecule has 1 saturated heterocycles. The van der Waals surface area contributed by atoms with Gasteiger partial charge in [0, 0.05) is 10.0 Å². The van der Waals surface area contributed by atoms with Crippen LogP contribution < -0.4 is 4.74 Å². The second-order valence-electron chi connectivity index (χ2n) is 3.59. The highest BCUT2D eigenvalue weighted by molar-refractivity contribution is 9.10. The first-order valence-corrected chi connectivity index (χ1v) is 5.69. The van der Waals surface area contributed by atoms with Crippen molar-refractivity contribution in [2.75, 3.05) is 13.2 Å². The van der Waals surface area contributed by atoms with Crippen LogP contribution in [0.2, 0.25) is 0 Å². The first-order valence-electron chi connectivity index (χ1n) is 4.90. The highest BCUT2D eigenvalue weighted by Gasteiger charge is 2.23. The predicted molar refractivity (Wildman–Crippen MR) is 60.7 cm³/mol. The molecule has 1 N–H and O–H groups in total. The molecule has 0 radical (unpaired) electrons. The minimum absolute atomic E-state index is 0.0336. The molecule has 86 valence electrons. The van der Waals surface area contributed by atoms with Crippen LogP contribution in [-0.4, -0.2) is 30.4 Å². The van der Waals surface area contributed by atoms with E-state index >= 15 is 0 Å². The number of halogens is 1. The highest BCUT2D eigenvalue weighted by Crippen LogP contribution is 2.25. The van der Waals surface area contributed by atoms with Crippen LogP contribution in [0, 0.1) is 0 Å². The number of hydrogen-bond donors (Lipinski definition) is 1. The number of ether oxygens (including phenoxy) is 2. The number of aliphatic carboxylic acids is 1.